The Bertz CT molecular complexity index is 1320. The van der Waals surface area contributed by atoms with Crippen molar-refractivity contribution in [3.05, 3.63) is 88.4 Å². The molecule has 218 valence electrons. The summed E-state index contributed by atoms with van der Waals surface area (Å²) in [5.74, 6) is -5.75. The van der Waals surface area contributed by atoms with Crippen LogP contribution in [0, 0.1) is 0 Å². The second kappa shape index (κ2) is 11.3. The molecule has 1 atom stereocenters. The number of anilines is 1. The summed E-state index contributed by atoms with van der Waals surface area (Å²) >= 11 is 5.57. The number of aliphatic hydroxyl groups excluding tert-OH is 1. The van der Waals surface area contributed by atoms with Crippen molar-refractivity contribution in [3.8, 4) is 11.5 Å². The topological polar surface area (TPSA) is 32.7 Å². The first kappa shape index (κ1) is 31.3. The fourth-order valence-corrected chi connectivity index (χ4v) is 3.71. The van der Waals surface area contributed by atoms with Crippen LogP contribution in [0.5, 0.6) is 11.5 Å². The van der Waals surface area contributed by atoms with Crippen molar-refractivity contribution in [2.45, 2.75) is 37.1 Å². The molecule has 3 aromatic rings. The second-order valence-corrected chi connectivity index (χ2v) is 8.86. The van der Waals surface area contributed by atoms with Crippen molar-refractivity contribution in [3.63, 3.8) is 0 Å². The minimum absolute atomic E-state index is 0.126. The second-order valence-electron chi connectivity index (χ2n) is 8.45. The van der Waals surface area contributed by atoms with Crippen LogP contribution in [0.25, 0.3) is 0 Å². The van der Waals surface area contributed by atoms with Crippen molar-refractivity contribution < 1.29 is 58.1 Å². The van der Waals surface area contributed by atoms with Gasteiger partial charge in [0.25, 0.3) is 0 Å². The number of benzene rings is 3. The maximum atomic E-state index is 13.8. The van der Waals surface area contributed by atoms with E-state index in [-0.39, 0.29) is 22.7 Å². The van der Waals surface area contributed by atoms with Gasteiger partial charge in [-0.25, -0.2) is 0 Å². The van der Waals surface area contributed by atoms with Gasteiger partial charge in [0, 0.05) is 23.9 Å². The lowest BCUT2D eigenvalue weighted by Gasteiger charge is -2.29. The van der Waals surface area contributed by atoms with Gasteiger partial charge in [0.15, 0.2) is 6.10 Å². The summed E-state index contributed by atoms with van der Waals surface area (Å²) in [6, 6.07) is 10.3. The minimum Gasteiger partial charge on any atom is -0.457 e. The van der Waals surface area contributed by atoms with Crippen LogP contribution in [0.2, 0.25) is 5.02 Å². The summed E-state index contributed by atoms with van der Waals surface area (Å²) < 4.78 is 150. The fourth-order valence-electron chi connectivity index (χ4n) is 3.49. The Morgan fingerprint density at radius 2 is 1.40 bits per heavy atom. The zero-order valence-corrected chi connectivity index (χ0v) is 20.4. The van der Waals surface area contributed by atoms with E-state index in [0.717, 1.165) is 35.2 Å². The molecule has 0 aliphatic heterocycles. The summed E-state index contributed by atoms with van der Waals surface area (Å²) in [5.41, 5.74) is -3.05. The molecule has 0 saturated heterocycles. The fraction of sp³-hybridized carbons (Fsp3) is 0.280. The molecule has 3 nitrogen and oxygen atoms in total. The van der Waals surface area contributed by atoms with Crippen LogP contribution in [0.15, 0.2) is 66.7 Å². The Kier molecular flexibility index (Phi) is 8.85. The lowest BCUT2D eigenvalue weighted by Crippen LogP contribution is -2.41. The number of alkyl halides is 11. The van der Waals surface area contributed by atoms with E-state index >= 15 is 0 Å². The largest absolute Gasteiger partial charge is 0.458 e. The molecule has 0 spiro atoms. The molecule has 0 amide bonds. The Morgan fingerprint density at radius 3 is 2.00 bits per heavy atom. The van der Waals surface area contributed by atoms with Crippen molar-refractivity contribution in [1.29, 1.82) is 0 Å². The summed E-state index contributed by atoms with van der Waals surface area (Å²) in [6.45, 7) is -1.84. The highest BCUT2D eigenvalue weighted by atomic mass is 35.5. The molecule has 3 aromatic carbocycles. The van der Waals surface area contributed by atoms with Gasteiger partial charge in [-0.2, -0.15) is 48.3 Å². The molecule has 0 heterocycles. The van der Waals surface area contributed by atoms with Gasteiger partial charge in [0.2, 0.25) is 0 Å². The van der Waals surface area contributed by atoms with Crippen LogP contribution in [-0.4, -0.2) is 30.1 Å². The normalized spacial score (nSPS) is 13.7. The average Bonchev–Trinajstić information content (AvgIpc) is 2.83. The third kappa shape index (κ3) is 7.47. The van der Waals surface area contributed by atoms with E-state index in [1.54, 1.807) is 0 Å². The standard InChI is InChI=1S/C25H17ClF11NO2/c26-20-8-7-18(11-19(20)23(29,30)31)40-17-6-2-5-16(10-17)38(13-21(39)24(32,33)34)12-14-3-1-4-15(9-14)22(27,28)25(35,36)37/h1-11,21,39H,12-13H2/t21-/m1/s1. The van der Waals surface area contributed by atoms with Crippen LogP contribution >= 0.6 is 11.6 Å². The maximum absolute atomic E-state index is 13.8. The van der Waals surface area contributed by atoms with Gasteiger partial charge in [-0.05, 0) is 42.0 Å². The van der Waals surface area contributed by atoms with Crippen LogP contribution in [0.3, 0.4) is 0 Å². The number of hydrogen-bond donors (Lipinski definition) is 1. The lowest BCUT2D eigenvalue weighted by molar-refractivity contribution is -0.289. The molecule has 1 N–H and O–H groups in total. The molecule has 0 aromatic heterocycles. The summed E-state index contributed by atoms with van der Waals surface area (Å²) in [6.07, 6.45) is -18.8. The van der Waals surface area contributed by atoms with E-state index in [0.29, 0.717) is 18.2 Å². The SMILES string of the molecule is O[C@H](CN(Cc1cccc(C(F)(F)C(F)(F)F)c1)c1cccc(Oc2ccc(Cl)c(C(F)(F)F)c2)c1)C(F)(F)F. The van der Waals surface area contributed by atoms with Crippen molar-refractivity contribution in [1.82, 2.24) is 0 Å². The predicted octanol–water partition coefficient (Wildman–Crippen LogP) is 8.74. The monoisotopic (exact) mass is 607 g/mol. The number of hydrogen-bond acceptors (Lipinski definition) is 3. The maximum Gasteiger partial charge on any atom is 0.458 e. The molecule has 15 heteroatoms. The number of ether oxygens (including phenoxy) is 1. The molecular weight excluding hydrogens is 591 g/mol. The van der Waals surface area contributed by atoms with E-state index in [4.69, 9.17) is 16.3 Å². The summed E-state index contributed by atoms with van der Waals surface area (Å²) in [4.78, 5) is 0.832. The highest BCUT2D eigenvalue weighted by molar-refractivity contribution is 6.31. The first-order valence-corrected chi connectivity index (χ1v) is 11.3. The van der Waals surface area contributed by atoms with Crippen LogP contribution in [0.4, 0.5) is 54.0 Å². The Hall–Kier alpha value is -3.26. The van der Waals surface area contributed by atoms with Crippen LogP contribution in [0.1, 0.15) is 16.7 Å². The third-order valence-corrected chi connectivity index (χ3v) is 5.78. The van der Waals surface area contributed by atoms with Gasteiger partial charge in [0.1, 0.15) is 11.5 Å². The third-order valence-electron chi connectivity index (χ3n) is 5.45. The smallest absolute Gasteiger partial charge is 0.457 e. The number of aliphatic hydroxyl groups is 1. The number of rotatable bonds is 8. The molecule has 0 unspecified atom stereocenters. The van der Waals surface area contributed by atoms with Crippen molar-refractivity contribution in [2.24, 2.45) is 0 Å². The van der Waals surface area contributed by atoms with Gasteiger partial charge < -0.3 is 14.7 Å². The first-order valence-electron chi connectivity index (χ1n) is 11.0. The van der Waals surface area contributed by atoms with Gasteiger partial charge >= 0.3 is 24.5 Å². The highest BCUT2D eigenvalue weighted by Gasteiger charge is 2.58. The van der Waals surface area contributed by atoms with E-state index < -0.39 is 59.8 Å². The van der Waals surface area contributed by atoms with Crippen molar-refractivity contribution in [2.75, 3.05) is 11.4 Å². The molecule has 0 fully saturated rings. The Morgan fingerprint density at radius 1 is 0.775 bits per heavy atom. The molecule has 40 heavy (non-hydrogen) atoms. The zero-order valence-electron chi connectivity index (χ0n) is 19.7. The van der Waals surface area contributed by atoms with Crippen molar-refractivity contribution >= 4 is 17.3 Å². The molecule has 0 aliphatic carbocycles. The Balaban J connectivity index is 1.96. The molecule has 3 rings (SSSR count). The van der Waals surface area contributed by atoms with E-state index in [1.807, 2.05) is 0 Å². The average molecular weight is 608 g/mol. The van der Waals surface area contributed by atoms with E-state index in [2.05, 4.69) is 0 Å². The molecule has 0 bridgehead atoms. The first-order chi connectivity index (χ1) is 18.3. The molecule has 0 radical (unpaired) electrons. The molecule has 0 saturated carbocycles. The van der Waals surface area contributed by atoms with Crippen LogP contribution < -0.4 is 9.64 Å². The Labute approximate surface area is 224 Å². The minimum atomic E-state index is -5.93. The van der Waals surface area contributed by atoms with E-state index in [9.17, 15) is 53.4 Å². The highest BCUT2D eigenvalue weighted by Crippen LogP contribution is 2.44. The quantitative estimate of drug-likeness (QED) is 0.260. The predicted molar refractivity (Wildman–Crippen MR) is 122 cm³/mol. The van der Waals surface area contributed by atoms with Gasteiger partial charge in [-0.3, -0.25) is 0 Å². The zero-order chi connectivity index (χ0) is 30.1. The molecular formula is C25H17ClF11NO2. The van der Waals surface area contributed by atoms with Gasteiger partial charge in [-0.1, -0.05) is 35.9 Å². The van der Waals surface area contributed by atoms with Gasteiger partial charge in [0.05, 0.1) is 17.1 Å². The summed E-state index contributed by atoms with van der Waals surface area (Å²) in [5, 5.41) is 9.03. The van der Waals surface area contributed by atoms with Crippen LogP contribution in [-0.2, 0) is 18.6 Å². The van der Waals surface area contributed by atoms with Gasteiger partial charge in [-0.15, -0.1) is 0 Å². The molecule has 0 aliphatic rings. The van der Waals surface area contributed by atoms with E-state index in [1.165, 1.54) is 18.2 Å². The number of nitrogens with zero attached hydrogens (tertiary/aromatic N) is 1. The summed E-state index contributed by atoms with van der Waals surface area (Å²) in [7, 11) is 0. The number of halogens is 12. The lowest BCUT2D eigenvalue weighted by atomic mass is 10.0.